The first kappa shape index (κ1) is 16.7. The predicted molar refractivity (Wildman–Crippen MR) is 107 cm³/mol. The number of anilines is 1. The van der Waals surface area contributed by atoms with Crippen molar-refractivity contribution in [1.82, 2.24) is 5.43 Å². The molecule has 1 N–H and O–H groups in total. The molecule has 0 spiro atoms. The van der Waals surface area contributed by atoms with E-state index in [-0.39, 0.29) is 5.54 Å². The summed E-state index contributed by atoms with van der Waals surface area (Å²) in [5.41, 5.74) is 7.62. The monoisotopic (exact) mass is 364 g/mol. The van der Waals surface area contributed by atoms with Crippen LogP contribution in [0.4, 0.5) is 16.5 Å². The highest BCUT2D eigenvalue weighted by atomic mass is 32.1. The Bertz CT molecular complexity index is 1010. The lowest BCUT2D eigenvalue weighted by atomic mass is 10.0. The molecule has 1 aliphatic heterocycles. The molecule has 2 heterocycles. The molecule has 1 aromatic heterocycles. The van der Waals surface area contributed by atoms with E-state index in [1.165, 1.54) is 10.2 Å². The first-order valence-electron chi connectivity index (χ1n) is 8.60. The number of azo groups is 1. The third-order valence-electron chi connectivity index (χ3n) is 4.51. The van der Waals surface area contributed by atoms with E-state index in [0.717, 1.165) is 22.2 Å². The van der Waals surface area contributed by atoms with Gasteiger partial charge < -0.3 is 5.43 Å². The fourth-order valence-corrected chi connectivity index (χ4v) is 4.26. The first-order chi connectivity index (χ1) is 12.4. The van der Waals surface area contributed by atoms with E-state index < -0.39 is 0 Å². The molecule has 6 heteroatoms. The van der Waals surface area contributed by atoms with Gasteiger partial charge in [0.1, 0.15) is 11.2 Å². The number of hydrazine groups is 1. The van der Waals surface area contributed by atoms with Gasteiger partial charge in [0.05, 0.1) is 28.1 Å². The van der Waals surface area contributed by atoms with Crippen molar-refractivity contribution in [3.8, 4) is 0 Å². The van der Waals surface area contributed by atoms with Crippen LogP contribution in [-0.4, -0.2) is 5.54 Å². The molecule has 0 saturated carbocycles. The molecule has 132 valence electrons. The van der Waals surface area contributed by atoms with E-state index in [2.05, 4.69) is 76.3 Å². The smallest absolute Gasteiger partial charge is 0.302 e. The highest BCUT2D eigenvalue weighted by Gasteiger charge is 2.30. The van der Waals surface area contributed by atoms with Crippen LogP contribution >= 0.6 is 11.3 Å². The van der Waals surface area contributed by atoms with Gasteiger partial charge >= 0.3 is 5.13 Å². The second-order valence-corrected chi connectivity index (χ2v) is 8.07. The van der Waals surface area contributed by atoms with E-state index >= 15 is 0 Å². The number of para-hydroxylation sites is 1. The molecular formula is C20H22N5S+. The molecule has 2 aromatic carbocycles. The summed E-state index contributed by atoms with van der Waals surface area (Å²) in [7, 11) is 2.02. The zero-order chi connectivity index (χ0) is 18.3. The summed E-state index contributed by atoms with van der Waals surface area (Å²) in [5.74, 6) is 0. The fourth-order valence-electron chi connectivity index (χ4n) is 3.29. The number of fused-ring (bicyclic) bond motifs is 1. The van der Waals surface area contributed by atoms with Crippen LogP contribution < -0.4 is 15.0 Å². The Morgan fingerprint density at radius 3 is 2.42 bits per heavy atom. The Morgan fingerprint density at radius 2 is 1.77 bits per heavy atom. The van der Waals surface area contributed by atoms with E-state index in [9.17, 15) is 0 Å². The van der Waals surface area contributed by atoms with Gasteiger partial charge in [-0.15, -0.1) is 0 Å². The van der Waals surface area contributed by atoms with Gasteiger partial charge in [-0.05, 0) is 79.7 Å². The average Bonchev–Trinajstić information content (AvgIpc) is 3.09. The average molecular weight is 364 g/mol. The van der Waals surface area contributed by atoms with Crippen LogP contribution in [0.5, 0.6) is 0 Å². The zero-order valence-electron chi connectivity index (χ0n) is 15.4. The lowest BCUT2D eigenvalue weighted by Gasteiger charge is -2.32. The van der Waals surface area contributed by atoms with Crippen LogP contribution in [-0.2, 0) is 7.05 Å². The van der Waals surface area contributed by atoms with Crippen molar-refractivity contribution in [3.63, 3.8) is 0 Å². The number of nitrogens with one attached hydrogen (secondary N) is 1. The van der Waals surface area contributed by atoms with Crippen LogP contribution in [0.25, 0.3) is 10.2 Å². The molecule has 0 unspecified atom stereocenters. The summed E-state index contributed by atoms with van der Waals surface area (Å²) < 4.78 is 3.28. The molecule has 5 nitrogen and oxygen atoms in total. The lowest BCUT2D eigenvalue weighted by molar-refractivity contribution is -0.627. The van der Waals surface area contributed by atoms with Gasteiger partial charge in [0.25, 0.3) is 0 Å². The summed E-state index contributed by atoms with van der Waals surface area (Å²) in [6.07, 6.45) is 2.22. The fraction of sp³-hybridized carbons (Fsp3) is 0.250. The molecule has 26 heavy (non-hydrogen) atoms. The van der Waals surface area contributed by atoms with E-state index in [1.807, 2.05) is 31.3 Å². The number of nitrogens with zero attached hydrogens (tertiary/aromatic N) is 4. The molecule has 3 aromatic rings. The number of aryl methyl sites for hydroxylation is 1. The molecular weight excluding hydrogens is 342 g/mol. The molecule has 0 fully saturated rings. The second-order valence-electron chi connectivity index (χ2n) is 7.06. The third kappa shape index (κ3) is 2.97. The van der Waals surface area contributed by atoms with Gasteiger partial charge in [-0.1, -0.05) is 12.1 Å². The molecule has 0 amide bonds. The molecule has 1 aliphatic rings. The summed E-state index contributed by atoms with van der Waals surface area (Å²) in [5, 5.41) is 11.9. The Kier molecular flexibility index (Phi) is 4.00. The minimum Gasteiger partial charge on any atom is -0.302 e. The summed E-state index contributed by atoms with van der Waals surface area (Å²) in [6.45, 7) is 6.45. The van der Waals surface area contributed by atoms with Gasteiger partial charge in [-0.2, -0.15) is 0 Å². The number of hydrogen-bond acceptors (Lipinski definition) is 5. The maximum atomic E-state index is 4.45. The van der Waals surface area contributed by atoms with E-state index in [4.69, 9.17) is 0 Å². The van der Waals surface area contributed by atoms with Gasteiger partial charge in [-0.3, -0.25) is 5.01 Å². The SMILES string of the molecule is CC1=CC(C)(C)N(c2ccc(N=Nc3sc4ccccc4[n+]3C)cc2)N1. The Labute approximate surface area is 157 Å². The highest BCUT2D eigenvalue weighted by molar-refractivity contribution is 7.21. The number of thiazole rings is 1. The highest BCUT2D eigenvalue weighted by Crippen LogP contribution is 2.31. The maximum Gasteiger partial charge on any atom is 0.409 e. The Balaban J connectivity index is 1.56. The molecule has 0 aliphatic carbocycles. The van der Waals surface area contributed by atoms with Crippen molar-refractivity contribution in [2.24, 2.45) is 17.3 Å². The van der Waals surface area contributed by atoms with Crippen LogP contribution in [0.15, 0.2) is 70.5 Å². The molecule has 0 bridgehead atoms. The molecule has 0 saturated heterocycles. The largest absolute Gasteiger partial charge is 0.409 e. The van der Waals surface area contributed by atoms with Crippen molar-refractivity contribution >= 4 is 38.1 Å². The van der Waals surface area contributed by atoms with Crippen molar-refractivity contribution < 1.29 is 4.57 Å². The summed E-state index contributed by atoms with van der Waals surface area (Å²) in [4.78, 5) is 0. The van der Waals surface area contributed by atoms with E-state index in [1.54, 1.807) is 11.3 Å². The standard InChI is InChI=1S/C20H22N5S/c1-14-13-20(2,3)25(23-14)16-11-9-15(10-12-16)21-22-19-24(4)17-7-5-6-8-18(17)26-19/h5-13,23H,1-4H3/q+1. The Hall–Kier alpha value is -2.73. The third-order valence-corrected chi connectivity index (χ3v) is 5.61. The van der Waals surface area contributed by atoms with Crippen molar-refractivity contribution in [3.05, 3.63) is 60.3 Å². The minimum atomic E-state index is -0.0576. The number of benzene rings is 2. The molecule has 0 atom stereocenters. The predicted octanol–water partition coefficient (Wildman–Crippen LogP) is 5.15. The first-order valence-corrected chi connectivity index (χ1v) is 9.41. The number of aromatic nitrogens is 1. The van der Waals surface area contributed by atoms with Crippen molar-refractivity contribution in [2.75, 3.05) is 5.01 Å². The lowest BCUT2D eigenvalue weighted by Crippen LogP contribution is -2.45. The van der Waals surface area contributed by atoms with Gasteiger partial charge in [-0.25, -0.2) is 4.57 Å². The van der Waals surface area contributed by atoms with Crippen molar-refractivity contribution in [2.45, 2.75) is 26.3 Å². The normalized spacial score (nSPS) is 16.3. The number of rotatable bonds is 3. The molecule has 0 radical (unpaired) electrons. The number of hydrogen-bond donors (Lipinski definition) is 1. The van der Waals surface area contributed by atoms with Crippen LogP contribution in [0.1, 0.15) is 20.8 Å². The topological polar surface area (TPSA) is 43.9 Å². The number of allylic oxidation sites excluding steroid dienone is 1. The van der Waals surface area contributed by atoms with Gasteiger partial charge in [0, 0.05) is 5.70 Å². The maximum absolute atomic E-state index is 4.45. The van der Waals surface area contributed by atoms with Crippen LogP contribution in [0.2, 0.25) is 0 Å². The summed E-state index contributed by atoms with van der Waals surface area (Å²) in [6, 6.07) is 16.4. The zero-order valence-corrected chi connectivity index (χ0v) is 16.2. The van der Waals surface area contributed by atoms with E-state index in [0.29, 0.717) is 0 Å². The van der Waals surface area contributed by atoms with Crippen LogP contribution in [0.3, 0.4) is 0 Å². The summed E-state index contributed by atoms with van der Waals surface area (Å²) >= 11 is 1.64. The van der Waals surface area contributed by atoms with Crippen molar-refractivity contribution in [1.29, 1.82) is 0 Å². The van der Waals surface area contributed by atoms with Crippen LogP contribution in [0, 0.1) is 0 Å². The van der Waals surface area contributed by atoms with Gasteiger partial charge in [0.15, 0.2) is 0 Å². The Morgan fingerprint density at radius 1 is 1.04 bits per heavy atom. The second kappa shape index (κ2) is 6.21. The quantitative estimate of drug-likeness (QED) is 0.516. The minimum absolute atomic E-state index is 0.0576. The molecule has 4 rings (SSSR count). The van der Waals surface area contributed by atoms with Gasteiger partial charge in [0.2, 0.25) is 0 Å².